The largest absolute Gasteiger partial charge is 0.367 e. The maximum absolute atomic E-state index is 11.6. The van der Waals surface area contributed by atoms with Crippen LogP contribution in [0.3, 0.4) is 0 Å². The van der Waals surface area contributed by atoms with Gasteiger partial charge in [-0.1, -0.05) is 0 Å². The zero-order chi connectivity index (χ0) is 14.3. The molecular formula is C13H19N3O3S. The molecule has 20 heavy (non-hydrogen) atoms. The molecule has 2 aliphatic rings. The quantitative estimate of drug-likeness (QED) is 0.811. The molecule has 0 radical (unpaired) electrons. The average molecular weight is 297 g/mol. The minimum atomic E-state index is -3.13. The smallest absolute Gasteiger partial charge is 0.211 e. The average Bonchev–Trinajstić information content (AvgIpc) is 2.80. The molecule has 0 N–H and O–H groups in total. The Bertz CT molecular complexity index is 605. The Hall–Kier alpha value is -1.05. The lowest BCUT2D eigenvalue weighted by Crippen LogP contribution is -2.44. The predicted molar refractivity (Wildman–Crippen MR) is 73.5 cm³/mol. The van der Waals surface area contributed by atoms with Crippen molar-refractivity contribution in [3.05, 3.63) is 23.8 Å². The Kier molecular flexibility index (Phi) is 3.51. The van der Waals surface area contributed by atoms with Crippen LogP contribution in [0, 0.1) is 12.8 Å². The van der Waals surface area contributed by atoms with Crippen LogP contribution in [0.1, 0.15) is 30.5 Å². The van der Waals surface area contributed by atoms with E-state index in [1.165, 1.54) is 10.6 Å². The Morgan fingerprint density at radius 2 is 2.25 bits per heavy atom. The minimum absolute atomic E-state index is 0.0150. The fourth-order valence-corrected chi connectivity index (χ4v) is 3.90. The van der Waals surface area contributed by atoms with Crippen LogP contribution < -0.4 is 0 Å². The number of aromatic nitrogens is 2. The SMILES string of the molecule is Cc1nccc([C@H]2C[C@@H]3CCN(S(C)(=O)=O)C[C@H]3O2)n1. The normalized spacial score (nSPS) is 31.2. The number of sulfonamides is 1. The van der Waals surface area contributed by atoms with Crippen molar-refractivity contribution in [3.63, 3.8) is 0 Å². The van der Waals surface area contributed by atoms with Gasteiger partial charge < -0.3 is 4.74 Å². The third-order valence-electron chi connectivity index (χ3n) is 4.11. The van der Waals surface area contributed by atoms with Gasteiger partial charge in [0.2, 0.25) is 10.0 Å². The molecule has 0 aromatic carbocycles. The third kappa shape index (κ3) is 2.70. The highest BCUT2D eigenvalue weighted by Gasteiger charge is 2.41. The molecule has 0 spiro atoms. The van der Waals surface area contributed by atoms with Crippen LogP contribution in [-0.4, -0.2) is 48.1 Å². The predicted octanol–water partition coefficient (Wildman–Crippen LogP) is 0.897. The lowest BCUT2D eigenvalue weighted by Gasteiger charge is -2.32. The number of aryl methyl sites for hydroxylation is 1. The molecule has 7 heteroatoms. The fourth-order valence-electron chi connectivity index (χ4n) is 3.05. The van der Waals surface area contributed by atoms with Gasteiger partial charge in [0.05, 0.1) is 18.1 Å². The molecule has 3 rings (SSSR count). The molecule has 6 nitrogen and oxygen atoms in total. The minimum Gasteiger partial charge on any atom is -0.367 e. The van der Waals surface area contributed by atoms with Crippen molar-refractivity contribution in [2.24, 2.45) is 5.92 Å². The van der Waals surface area contributed by atoms with E-state index in [1.54, 1.807) is 6.20 Å². The maximum atomic E-state index is 11.6. The van der Waals surface area contributed by atoms with E-state index in [9.17, 15) is 8.42 Å². The fraction of sp³-hybridized carbons (Fsp3) is 0.692. The van der Waals surface area contributed by atoms with Crippen LogP contribution in [-0.2, 0) is 14.8 Å². The van der Waals surface area contributed by atoms with E-state index in [1.807, 2.05) is 13.0 Å². The van der Waals surface area contributed by atoms with Gasteiger partial charge in [0.25, 0.3) is 0 Å². The van der Waals surface area contributed by atoms with Crippen molar-refractivity contribution in [1.29, 1.82) is 0 Å². The lowest BCUT2D eigenvalue weighted by atomic mass is 9.92. The molecule has 2 fully saturated rings. The second-order valence-electron chi connectivity index (χ2n) is 5.60. The molecule has 3 atom stereocenters. The molecule has 0 bridgehead atoms. The van der Waals surface area contributed by atoms with Gasteiger partial charge >= 0.3 is 0 Å². The summed E-state index contributed by atoms with van der Waals surface area (Å²) in [6.07, 6.45) is 4.72. The van der Waals surface area contributed by atoms with E-state index in [2.05, 4.69) is 9.97 Å². The molecule has 0 amide bonds. The molecule has 3 heterocycles. The van der Waals surface area contributed by atoms with E-state index >= 15 is 0 Å². The highest BCUT2D eigenvalue weighted by molar-refractivity contribution is 7.88. The van der Waals surface area contributed by atoms with Gasteiger partial charge in [-0.25, -0.2) is 18.4 Å². The number of hydrogen-bond donors (Lipinski definition) is 0. The summed E-state index contributed by atoms with van der Waals surface area (Å²) in [6, 6.07) is 1.88. The Morgan fingerprint density at radius 1 is 1.45 bits per heavy atom. The van der Waals surface area contributed by atoms with Gasteiger partial charge in [0, 0.05) is 19.3 Å². The third-order valence-corrected chi connectivity index (χ3v) is 5.38. The number of nitrogens with zero attached hydrogens (tertiary/aromatic N) is 3. The standard InChI is InChI=1S/C13H19N3O3S/c1-9-14-5-3-11(15-9)12-7-10-4-6-16(20(2,17)18)8-13(10)19-12/h3,5,10,12-13H,4,6-8H2,1-2H3/t10-,12+,13+/m0/s1. The van der Waals surface area contributed by atoms with E-state index in [0.29, 0.717) is 19.0 Å². The van der Waals surface area contributed by atoms with Crippen molar-refractivity contribution >= 4 is 10.0 Å². The number of hydrogen-bond acceptors (Lipinski definition) is 5. The van der Waals surface area contributed by atoms with Crippen LogP contribution in [0.15, 0.2) is 12.3 Å². The number of fused-ring (bicyclic) bond motifs is 1. The molecule has 0 saturated carbocycles. The highest BCUT2D eigenvalue weighted by atomic mass is 32.2. The van der Waals surface area contributed by atoms with Crippen molar-refractivity contribution in [2.75, 3.05) is 19.3 Å². The van der Waals surface area contributed by atoms with Crippen LogP contribution in [0.25, 0.3) is 0 Å². The summed E-state index contributed by atoms with van der Waals surface area (Å²) < 4.78 is 30.8. The highest BCUT2D eigenvalue weighted by Crippen LogP contribution is 2.40. The maximum Gasteiger partial charge on any atom is 0.211 e. The Labute approximate surface area is 119 Å². The van der Waals surface area contributed by atoms with Crippen molar-refractivity contribution < 1.29 is 13.2 Å². The molecule has 0 aliphatic carbocycles. The first-order chi connectivity index (χ1) is 9.43. The number of rotatable bonds is 2. The van der Waals surface area contributed by atoms with E-state index in [-0.39, 0.29) is 12.2 Å². The number of ether oxygens (including phenoxy) is 1. The van der Waals surface area contributed by atoms with E-state index < -0.39 is 10.0 Å². The summed E-state index contributed by atoms with van der Waals surface area (Å²) in [6.45, 7) is 2.92. The van der Waals surface area contributed by atoms with Crippen LogP contribution >= 0.6 is 0 Å². The Morgan fingerprint density at radius 3 is 2.95 bits per heavy atom. The van der Waals surface area contributed by atoms with Crippen molar-refractivity contribution in [1.82, 2.24) is 14.3 Å². The van der Waals surface area contributed by atoms with Crippen molar-refractivity contribution in [2.45, 2.75) is 32.0 Å². The van der Waals surface area contributed by atoms with E-state index in [4.69, 9.17) is 4.74 Å². The first-order valence-corrected chi connectivity index (χ1v) is 8.68. The summed E-state index contributed by atoms with van der Waals surface area (Å²) in [4.78, 5) is 8.50. The van der Waals surface area contributed by atoms with Gasteiger partial charge in [-0.05, 0) is 31.7 Å². The first-order valence-electron chi connectivity index (χ1n) is 6.83. The molecular weight excluding hydrogens is 278 g/mol. The van der Waals surface area contributed by atoms with Gasteiger partial charge in [-0.3, -0.25) is 0 Å². The van der Waals surface area contributed by atoms with Gasteiger partial charge in [-0.15, -0.1) is 0 Å². The van der Waals surface area contributed by atoms with E-state index in [0.717, 1.165) is 24.4 Å². The zero-order valence-electron chi connectivity index (χ0n) is 11.7. The van der Waals surface area contributed by atoms with Crippen LogP contribution in [0.5, 0.6) is 0 Å². The lowest BCUT2D eigenvalue weighted by molar-refractivity contribution is 0.00866. The Balaban J connectivity index is 1.73. The molecule has 1 aromatic heterocycles. The molecule has 1 aromatic rings. The van der Waals surface area contributed by atoms with Gasteiger partial charge in [-0.2, -0.15) is 4.31 Å². The van der Waals surface area contributed by atoms with Crippen LogP contribution in [0.2, 0.25) is 0 Å². The number of piperidine rings is 1. The summed E-state index contributed by atoms with van der Waals surface area (Å²) in [7, 11) is -3.13. The summed E-state index contributed by atoms with van der Waals surface area (Å²) in [5.41, 5.74) is 0.901. The second-order valence-corrected chi connectivity index (χ2v) is 7.58. The van der Waals surface area contributed by atoms with Crippen molar-refractivity contribution in [3.8, 4) is 0 Å². The van der Waals surface area contributed by atoms with Gasteiger partial charge in [0.1, 0.15) is 11.9 Å². The van der Waals surface area contributed by atoms with Crippen LogP contribution in [0.4, 0.5) is 0 Å². The molecule has 2 saturated heterocycles. The molecule has 110 valence electrons. The zero-order valence-corrected chi connectivity index (χ0v) is 12.5. The van der Waals surface area contributed by atoms with Gasteiger partial charge in [0.15, 0.2) is 0 Å². The topological polar surface area (TPSA) is 72.4 Å². The summed E-state index contributed by atoms with van der Waals surface area (Å²) in [5, 5.41) is 0. The summed E-state index contributed by atoms with van der Waals surface area (Å²) in [5.74, 6) is 1.16. The monoisotopic (exact) mass is 297 g/mol. The molecule has 0 unspecified atom stereocenters. The summed E-state index contributed by atoms with van der Waals surface area (Å²) >= 11 is 0. The molecule has 2 aliphatic heterocycles. The first kappa shape index (κ1) is 13.9. The second kappa shape index (κ2) is 5.05.